The van der Waals surface area contributed by atoms with Gasteiger partial charge in [-0.25, -0.2) is 0 Å². The first-order chi connectivity index (χ1) is 17.2. The summed E-state index contributed by atoms with van der Waals surface area (Å²) in [4.78, 5) is 39.2. The summed E-state index contributed by atoms with van der Waals surface area (Å²) in [6.07, 6.45) is -0.984. The quantitative estimate of drug-likeness (QED) is 0.178. The predicted octanol–water partition coefficient (Wildman–Crippen LogP) is 0.162. The van der Waals surface area contributed by atoms with Crippen LogP contribution in [0.3, 0.4) is 0 Å². The lowest BCUT2D eigenvalue weighted by Gasteiger charge is -2.40. The third-order valence-corrected chi connectivity index (χ3v) is 6.50. The van der Waals surface area contributed by atoms with E-state index in [4.69, 9.17) is 19.3 Å². The molecule has 200 valence electrons. The smallest absolute Gasteiger partial charge is 0.290 e. The molecule has 1 aliphatic carbocycles. The van der Waals surface area contributed by atoms with E-state index in [1.807, 2.05) is 22.6 Å². The van der Waals surface area contributed by atoms with Crippen LogP contribution in [-0.2, 0) is 25.7 Å². The zero-order valence-electron chi connectivity index (χ0n) is 20.5. The Bertz CT molecular complexity index is 969. The molecule has 36 heavy (non-hydrogen) atoms. The summed E-state index contributed by atoms with van der Waals surface area (Å²) in [5, 5.41) is 32.5. The van der Waals surface area contributed by atoms with Crippen LogP contribution < -0.4 is 14.8 Å². The second kappa shape index (κ2) is 14.5. The minimum Gasteiger partial charge on any atom is -0.493 e. The molecule has 0 heterocycles. The lowest BCUT2D eigenvalue weighted by molar-refractivity contribution is -0.149. The third-order valence-electron chi connectivity index (χ3n) is 5.70. The first kappa shape index (κ1) is 30.0. The SMILES string of the molecule is CCC(=O)C(=O)N(CCOC)C1CC(C(=O)NCCO)=CC(Oc2c(I)cc(CO)cc2OC)C1O. The van der Waals surface area contributed by atoms with Crippen LogP contribution in [0.2, 0.25) is 0 Å². The molecule has 0 spiro atoms. The van der Waals surface area contributed by atoms with Gasteiger partial charge in [-0.1, -0.05) is 6.92 Å². The van der Waals surface area contributed by atoms with E-state index in [9.17, 15) is 24.6 Å². The van der Waals surface area contributed by atoms with E-state index >= 15 is 0 Å². The number of carbonyl (C=O) groups excluding carboxylic acids is 3. The molecule has 0 aliphatic heterocycles. The van der Waals surface area contributed by atoms with Gasteiger partial charge in [-0.3, -0.25) is 14.4 Å². The highest BCUT2D eigenvalue weighted by Crippen LogP contribution is 2.37. The molecular formula is C24H33IN2O9. The molecule has 2 amide bonds. The standard InChI is InChI=1S/C24H33IN2O9/c1-4-18(30)24(33)27(6-8-34-2)17-11-15(23(32)26-5-7-28)12-19(21(17)31)36-22-16(25)9-14(13-29)10-20(22)35-3/h9-10,12,17,19,21,28-29,31H,4-8,11,13H2,1-3H3,(H,26,32). The average Bonchev–Trinajstić information content (AvgIpc) is 2.89. The first-order valence-electron chi connectivity index (χ1n) is 11.5. The van der Waals surface area contributed by atoms with Gasteiger partial charge in [-0.2, -0.15) is 0 Å². The minimum absolute atomic E-state index is 0.0165. The molecule has 0 aromatic heterocycles. The number of halogens is 1. The molecule has 0 saturated carbocycles. The van der Waals surface area contributed by atoms with Crippen molar-refractivity contribution in [3.8, 4) is 11.5 Å². The Hall–Kier alpha value is -2.26. The maximum Gasteiger partial charge on any atom is 0.290 e. The first-order valence-corrected chi connectivity index (χ1v) is 12.5. The number of hydrogen-bond acceptors (Lipinski definition) is 9. The molecule has 12 heteroatoms. The van der Waals surface area contributed by atoms with Crippen molar-refractivity contribution in [3.63, 3.8) is 0 Å². The highest BCUT2D eigenvalue weighted by atomic mass is 127. The molecule has 3 atom stereocenters. The Morgan fingerprint density at radius 3 is 2.53 bits per heavy atom. The van der Waals surface area contributed by atoms with Gasteiger partial charge in [0.2, 0.25) is 11.7 Å². The molecule has 0 fully saturated rings. The van der Waals surface area contributed by atoms with E-state index in [1.54, 1.807) is 19.1 Å². The molecule has 2 rings (SSSR count). The summed E-state index contributed by atoms with van der Waals surface area (Å²) in [6.45, 7) is 1.24. The minimum atomic E-state index is -1.30. The summed E-state index contributed by atoms with van der Waals surface area (Å²) in [7, 11) is 2.89. The van der Waals surface area contributed by atoms with Gasteiger partial charge in [-0.15, -0.1) is 0 Å². The monoisotopic (exact) mass is 620 g/mol. The van der Waals surface area contributed by atoms with E-state index in [1.165, 1.54) is 25.2 Å². The van der Waals surface area contributed by atoms with E-state index in [-0.39, 0.29) is 57.1 Å². The number of nitrogens with zero attached hydrogens (tertiary/aromatic N) is 1. The van der Waals surface area contributed by atoms with Gasteiger partial charge in [0.15, 0.2) is 11.5 Å². The van der Waals surface area contributed by atoms with Crippen molar-refractivity contribution >= 4 is 40.2 Å². The highest BCUT2D eigenvalue weighted by Gasteiger charge is 2.41. The number of hydrogen-bond donors (Lipinski definition) is 4. The van der Waals surface area contributed by atoms with Crippen molar-refractivity contribution in [2.45, 2.75) is 44.6 Å². The number of Topliss-reactive ketones (excluding diaryl/α,β-unsaturated/α-hetero) is 1. The average molecular weight is 620 g/mol. The van der Waals surface area contributed by atoms with E-state index < -0.39 is 35.8 Å². The van der Waals surface area contributed by atoms with Crippen LogP contribution in [0.15, 0.2) is 23.8 Å². The zero-order valence-corrected chi connectivity index (χ0v) is 22.7. The van der Waals surface area contributed by atoms with E-state index in [0.717, 1.165) is 0 Å². The van der Waals surface area contributed by atoms with Crippen LogP contribution in [0.25, 0.3) is 0 Å². The Labute approximate surface area is 223 Å². The van der Waals surface area contributed by atoms with Crippen molar-refractivity contribution in [1.82, 2.24) is 10.2 Å². The fourth-order valence-corrected chi connectivity index (χ4v) is 4.61. The second-order valence-corrected chi connectivity index (χ2v) is 9.21. The van der Waals surface area contributed by atoms with Gasteiger partial charge in [0.1, 0.15) is 12.2 Å². The maximum absolute atomic E-state index is 12.9. The van der Waals surface area contributed by atoms with Crippen molar-refractivity contribution in [2.75, 3.05) is 40.5 Å². The van der Waals surface area contributed by atoms with Crippen LogP contribution >= 0.6 is 22.6 Å². The third kappa shape index (κ3) is 7.38. The molecule has 3 unspecified atom stereocenters. The van der Waals surface area contributed by atoms with Crippen molar-refractivity contribution in [2.24, 2.45) is 0 Å². The molecule has 1 aliphatic rings. The molecule has 0 bridgehead atoms. The topological polar surface area (TPSA) is 155 Å². The molecule has 0 radical (unpaired) electrons. The molecule has 1 aromatic rings. The predicted molar refractivity (Wildman–Crippen MR) is 138 cm³/mol. The number of nitrogens with one attached hydrogen (secondary N) is 1. The zero-order chi connectivity index (χ0) is 26.8. The molecule has 1 aromatic carbocycles. The van der Waals surface area contributed by atoms with E-state index in [0.29, 0.717) is 14.9 Å². The van der Waals surface area contributed by atoms with Gasteiger partial charge in [0, 0.05) is 38.6 Å². The lowest BCUT2D eigenvalue weighted by Crippen LogP contribution is -2.57. The lowest BCUT2D eigenvalue weighted by atomic mass is 9.88. The van der Waals surface area contributed by atoms with Crippen LogP contribution in [0.5, 0.6) is 11.5 Å². The number of benzene rings is 1. The Morgan fingerprint density at radius 2 is 1.94 bits per heavy atom. The molecular weight excluding hydrogens is 587 g/mol. The molecule has 11 nitrogen and oxygen atoms in total. The van der Waals surface area contributed by atoms with Crippen molar-refractivity contribution < 1.29 is 43.9 Å². The van der Waals surface area contributed by atoms with Gasteiger partial charge < -0.3 is 39.7 Å². The number of aliphatic hydroxyl groups excluding tert-OH is 3. The highest BCUT2D eigenvalue weighted by molar-refractivity contribution is 14.1. The molecule has 4 N–H and O–H groups in total. The Kier molecular flexibility index (Phi) is 12.0. The van der Waals surface area contributed by atoms with Gasteiger partial charge in [0.05, 0.1) is 36.5 Å². The second-order valence-electron chi connectivity index (χ2n) is 8.05. The fraction of sp³-hybridized carbons (Fsp3) is 0.542. The number of rotatable bonds is 13. The summed E-state index contributed by atoms with van der Waals surface area (Å²) in [5.41, 5.74) is 0.823. The fourth-order valence-electron chi connectivity index (χ4n) is 3.81. The Morgan fingerprint density at radius 1 is 1.22 bits per heavy atom. The maximum atomic E-state index is 12.9. The number of amides is 2. The molecule has 0 saturated heterocycles. The van der Waals surface area contributed by atoms with Crippen LogP contribution in [0, 0.1) is 3.57 Å². The van der Waals surface area contributed by atoms with Gasteiger partial charge >= 0.3 is 0 Å². The largest absolute Gasteiger partial charge is 0.493 e. The van der Waals surface area contributed by atoms with E-state index in [2.05, 4.69) is 5.32 Å². The number of carbonyl (C=O) groups is 3. The number of ketones is 1. The van der Waals surface area contributed by atoms with Crippen molar-refractivity contribution in [1.29, 1.82) is 0 Å². The summed E-state index contributed by atoms with van der Waals surface area (Å²) < 4.78 is 17.2. The number of ether oxygens (including phenoxy) is 3. The van der Waals surface area contributed by atoms with Crippen LogP contribution in [0.4, 0.5) is 0 Å². The summed E-state index contributed by atoms with van der Waals surface area (Å²) in [5.74, 6) is -1.31. The van der Waals surface area contributed by atoms with Crippen LogP contribution in [0.1, 0.15) is 25.3 Å². The van der Waals surface area contributed by atoms with Crippen LogP contribution in [-0.4, -0.2) is 96.6 Å². The normalized spacial score (nSPS) is 19.3. The Balaban J connectivity index is 2.52. The van der Waals surface area contributed by atoms with Gasteiger partial charge in [0.25, 0.3) is 5.91 Å². The van der Waals surface area contributed by atoms with Gasteiger partial charge in [-0.05, 0) is 46.4 Å². The summed E-state index contributed by atoms with van der Waals surface area (Å²) >= 11 is 2.01. The number of aliphatic hydroxyl groups is 3. The number of methoxy groups -OCH3 is 2. The van der Waals surface area contributed by atoms with Crippen molar-refractivity contribution in [3.05, 3.63) is 32.9 Å². The summed E-state index contributed by atoms with van der Waals surface area (Å²) in [6, 6.07) is 2.32.